The van der Waals surface area contributed by atoms with Gasteiger partial charge in [0.1, 0.15) is 10.6 Å². The zero-order valence-corrected chi connectivity index (χ0v) is 18.3. The first-order valence-corrected chi connectivity index (χ1v) is 10.8. The van der Waals surface area contributed by atoms with E-state index in [1.54, 1.807) is 19.1 Å². The summed E-state index contributed by atoms with van der Waals surface area (Å²) in [4.78, 5) is 27.3. The minimum atomic E-state index is -0.456. The molecule has 0 radical (unpaired) electrons. The predicted octanol–water partition coefficient (Wildman–Crippen LogP) is 4.29. The Labute approximate surface area is 179 Å². The van der Waals surface area contributed by atoms with E-state index in [9.17, 15) is 9.59 Å². The van der Waals surface area contributed by atoms with Crippen molar-refractivity contribution in [3.8, 4) is 11.1 Å². The van der Waals surface area contributed by atoms with E-state index in [-0.39, 0.29) is 31.3 Å². The molecule has 1 aromatic heterocycles. The third-order valence-corrected chi connectivity index (χ3v) is 5.69. The Morgan fingerprint density at radius 2 is 1.90 bits per heavy atom. The van der Waals surface area contributed by atoms with Crippen molar-refractivity contribution in [2.24, 2.45) is 0 Å². The fourth-order valence-electron chi connectivity index (χ4n) is 3.48. The standard InChI is InChI=1S/C21H25ClN2O4S/c1-4-27-21(26)19-17(15-5-7-16(22)8-6-15)12-29-20(19)23-18(25)11-24-9-13(2)28-14(3)10-24/h5-8,12-14H,4,9-11H2,1-3H3,(H,23,25). The number of carbonyl (C=O) groups excluding carboxylic acids is 2. The number of anilines is 1. The van der Waals surface area contributed by atoms with Crippen LogP contribution in [0.25, 0.3) is 11.1 Å². The lowest BCUT2D eigenvalue weighted by Crippen LogP contribution is -2.48. The third-order valence-electron chi connectivity index (χ3n) is 4.54. The molecular formula is C21H25ClN2O4S. The van der Waals surface area contributed by atoms with Crippen LogP contribution in [-0.2, 0) is 14.3 Å². The second kappa shape index (κ2) is 9.71. The van der Waals surface area contributed by atoms with Crippen LogP contribution in [-0.4, -0.2) is 55.2 Å². The Balaban J connectivity index is 1.80. The summed E-state index contributed by atoms with van der Waals surface area (Å²) in [5, 5.41) is 5.86. The molecule has 2 atom stereocenters. The number of nitrogens with zero attached hydrogens (tertiary/aromatic N) is 1. The first-order chi connectivity index (χ1) is 13.9. The third kappa shape index (κ3) is 5.57. The first-order valence-electron chi connectivity index (χ1n) is 9.59. The zero-order valence-electron chi connectivity index (χ0n) is 16.7. The van der Waals surface area contributed by atoms with E-state index >= 15 is 0 Å². The van der Waals surface area contributed by atoms with E-state index in [1.165, 1.54) is 11.3 Å². The maximum atomic E-state index is 12.7. The molecular weight excluding hydrogens is 412 g/mol. The van der Waals surface area contributed by atoms with Crippen LogP contribution in [0.5, 0.6) is 0 Å². The SMILES string of the molecule is CCOC(=O)c1c(-c2ccc(Cl)cc2)csc1NC(=O)CN1CC(C)OC(C)C1. The summed E-state index contributed by atoms with van der Waals surface area (Å²) in [6.45, 7) is 7.64. The molecule has 0 saturated carbocycles. The Bertz CT molecular complexity index is 858. The molecule has 1 fully saturated rings. The number of morpholine rings is 1. The van der Waals surface area contributed by atoms with Crippen molar-refractivity contribution in [2.45, 2.75) is 33.0 Å². The average Bonchev–Trinajstić information content (AvgIpc) is 3.05. The number of thiophene rings is 1. The molecule has 3 rings (SSSR count). The molecule has 8 heteroatoms. The highest BCUT2D eigenvalue weighted by atomic mass is 35.5. The molecule has 1 aliphatic heterocycles. The maximum Gasteiger partial charge on any atom is 0.341 e. The molecule has 0 aliphatic carbocycles. The van der Waals surface area contributed by atoms with Gasteiger partial charge in [0.25, 0.3) is 0 Å². The second-order valence-electron chi connectivity index (χ2n) is 7.08. The Kier molecular flexibility index (Phi) is 7.29. The van der Waals surface area contributed by atoms with Crippen molar-refractivity contribution in [1.29, 1.82) is 0 Å². The van der Waals surface area contributed by atoms with E-state index in [0.29, 0.717) is 34.2 Å². The van der Waals surface area contributed by atoms with E-state index in [2.05, 4.69) is 10.2 Å². The van der Waals surface area contributed by atoms with Crippen molar-refractivity contribution < 1.29 is 19.1 Å². The molecule has 1 saturated heterocycles. The number of carbonyl (C=O) groups is 2. The van der Waals surface area contributed by atoms with Gasteiger partial charge in [0.2, 0.25) is 5.91 Å². The number of hydrogen-bond acceptors (Lipinski definition) is 6. The Morgan fingerprint density at radius 3 is 2.52 bits per heavy atom. The summed E-state index contributed by atoms with van der Waals surface area (Å²) in [6.07, 6.45) is 0.166. The van der Waals surface area contributed by atoms with Crippen LogP contribution in [0.2, 0.25) is 5.02 Å². The van der Waals surface area contributed by atoms with Crippen molar-refractivity contribution in [2.75, 3.05) is 31.6 Å². The van der Waals surface area contributed by atoms with E-state index < -0.39 is 5.97 Å². The molecule has 2 unspecified atom stereocenters. The number of esters is 1. The molecule has 29 heavy (non-hydrogen) atoms. The van der Waals surface area contributed by atoms with Gasteiger partial charge in [0, 0.05) is 29.1 Å². The number of benzene rings is 1. The second-order valence-corrected chi connectivity index (χ2v) is 8.40. The normalized spacial score (nSPS) is 19.7. The molecule has 1 aliphatic rings. The van der Waals surface area contributed by atoms with Crippen LogP contribution < -0.4 is 5.32 Å². The summed E-state index contributed by atoms with van der Waals surface area (Å²) in [5.74, 6) is -0.621. The van der Waals surface area contributed by atoms with Crippen LogP contribution in [0.3, 0.4) is 0 Å². The number of halogens is 1. The van der Waals surface area contributed by atoms with Gasteiger partial charge in [-0.15, -0.1) is 11.3 Å². The predicted molar refractivity (Wildman–Crippen MR) is 116 cm³/mol. The van der Waals surface area contributed by atoms with Gasteiger partial charge in [-0.1, -0.05) is 23.7 Å². The highest BCUT2D eigenvalue weighted by molar-refractivity contribution is 7.15. The minimum absolute atomic E-state index is 0.0832. The average molecular weight is 437 g/mol. The molecule has 2 heterocycles. The lowest BCUT2D eigenvalue weighted by atomic mass is 10.0. The first kappa shape index (κ1) is 21.8. The van der Waals surface area contributed by atoms with Crippen LogP contribution in [0.1, 0.15) is 31.1 Å². The molecule has 0 bridgehead atoms. The van der Waals surface area contributed by atoms with Gasteiger partial charge in [-0.05, 0) is 38.5 Å². The fraction of sp³-hybridized carbons (Fsp3) is 0.429. The van der Waals surface area contributed by atoms with Gasteiger partial charge in [0.05, 0.1) is 25.4 Å². The van der Waals surface area contributed by atoms with Gasteiger partial charge >= 0.3 is 5.97 Å². The summed E-state index contributed by atoms with van der Waals surface area (Å²) in [7, 11) is 0. The van der Waals surface area contributed by atoms with Gasteiger partial charge in [0.15, 0.2) is 0 Å². The fourth-order valence-corrected chi connectivity index (χ4v) is 4.58. The van der Waals surface area contributed by atoms with Gasteiger partial charge in [-0.2, -0.15) is 0 Å². The summed E-state index contributed by atoms with van der Waals surface area (Å²) >= 11 is 7.29. The maximum absolute atomic E-state index is 12.7. The number of hydrogen-bond donors (Lipinski definition) is 1. The minimum Gasteiger partial charge on any atom is -0.462 e. The smallest absolute Gasteiger partial charge is 0.341 e. The highest BCUT2D eigenvalue weighted by Crippen LogP contribution is 2.36. The molecule has 6 nitrogen and oxygen atoms in total. The lowest BCUT2D eigenvalue weighted by Gasteiger charge is -2.34. The molecule has 2 aromatic rings. The topological polar surface area (TPSA) is 67.9 Å². The largest absolute Gasteiger partial charge is 0.462 e. The number of ether oxygens (including phenoxy) is 2. The quantitative estimate of drug-likeness (QED) is 0.684. The van der Waals surface area contributed by atoms with Crippen molar-refractivity contribution >= 4 is 39.8 Å². The van der Waals surface area contributed by atoms with Crippen LogP contribution in [0, 0.1) is 0 Å². The Hall–Kier alpha value is -1.93. The van der Waals surface area contributed by atoms with Gasteiger partial charge in [-0.3, -0.25) is 9.69 Å². The monoisotopic (exact) mass is 436 g/mol. The van der Waals surface area contributed by atoms with Crippen LogP contribution in [0.4, 0.5) is 5.00 Å². The molecule has 1 amide bonds. The zero-order chi connectivity index (χ0) is 21.0. The molecule has 156 valence electrons. The summed E-state index contributed by atoms with van der Waals surface area (Å²) in [6, 6.07) is 7.22. The lowest BCUT2D eigenvalue weighted by molar-refractivity contribution is -0.121. The van der Waals surface area contributed by atoms with Gasteiger partial charge < -0.3 is 14.8 Å². The number of nitrogens with one attached hydrogen (secondary N) is 1. The van der Waals surface area contributed by atoms with Crippen LogP contribution >= 0.6 is 22.9 Å². The summed E-state index contributed by atoms with van der Waals surface area (Å²) in [5.41, 5.74) is 1.93. The van der Waals surface area contributed by atoms with E-state index in [4.69, 9.17) is 21.1 Å². The molecule has 0 spiro atoms. The van der Waals surface area contributed by atoms with E-state index in [1.807, 2.05) is 31.4 Å². The van der Waals surface area contributed by atoms with Crippen molar-refractivity contribution in [3.63, 3.8) is 0 Å². The van der Waals surface area contributed by atoms with Crippen molar-refractivity contribution in [3.05, 3.63) is 40.2 Å². The number of rotatable bonds is 6. The highest BCUT2D eigenvalue weighted by Gasteiger charge is 2.26. The van der Waals surface area contributed by atoms with Crippen molar-refractivity contribution in [1.82, 2.24) is 4.90 Å². The van der Waals surface area contributed by atoms with E-state index in [0.717, 1.165) is 5.56 Å². The number of amides is 1. The van der Waals surface area contributed by atoms with Crippen LogP contribution in [0.15, 0.2) is 29.6 Å². The Morgan fingerprint density at radius 1 is 1.24 bits per heavy atom. The molecule has 1 aromatic carbocycles. The summed E-state index contributed by atoms with van der Waals surface area (Å²) < 4.78 is 10.9. The van der Waals surface area contributed by atoms with Gasteiger partial charge in [-0.25, -0.2) is 4.79 Å². The molecule has 1 N–H and O–H groups in total.